The van der Waals surface area contributed by atoms with E-state index in [1.165, 1.54) is 6.34 Å². The van der Waals surface area contributed by atoms with Crippen molar-refractivity contribution in [2.75, 3.05) is 0 Å². The fourth-order valence-corrected chi connectivity index (χ4v) is 2.45. The van der Waals surface area contributed by atoms with E-state index >= 15 is 0 Å². The number of nitrogens with one attached hydrogen (secondary N) is 1. The minimum Gasteiger partial charge on any atom is -0.368 e. The Balaban J connectivity index is 2.67. The van der Waals surface area contributed by atoms with Crippen LogP contribution in [0.5, 0.6) is 0 Å². The predicted molar refractivity (Wildman–Crippen MR) is 71.7 cm³/mol. The molecule has 1 aromatic carbocycles. The molecule has 0 saturated heterocycles. The van der Waals surface area contributed by atoms with Gasteiger partial charge in [0.1, 0.15) is 0 Å². The number of nitrogens with two attached hydrogens (primary N) is 2. The van der Waals surface area contributed by atoms with Crippen molar-refractivity contribution in [3.8, 4) is 0 Å². The Labute approximate surface area is 114 Å². The molecule has 0 aromatic heterocycles. The lowest BCUT2D eigenvalue weighted by Gasteiger charge is -2.31. The fourth-order valence-electron chi connectivity index (χ4n) is 2.27. The van der Waals surface area contributed by atoms with Crippen LogP contribution in [-0.4, -0.2) is 24.2 Å². The van der Waals surface area contributed by atoms with Crippen LogP contribution in [0.1, 0.15) is 11.1 Å². The normalized spacial score (nSPS) is 25.1. The molecule has 2 amide bonds. The number of hydrogen-bond acceptors (Lipinski definition) is 4. The van der Waals surface area contributed by atoms with Gasteiger partial charge in [-0.15, -0.1) is 0 Å². The highest BCUT2D eigenvalue weighted by Crippen LogP contribution is 2.33. The zero-order valence-electron chi connectivity index (χ0n) is 10.2. The molecule has 1 aromatic rings. The first-order valence-electron chi connectivity index (χ1n) is 5.55. The van der Waals surface area contributed by atoms with Crippen LogP contribution in [0.25, 0.3) is 0 Å². The van der Waals surface area contributed by atoms with Gasteiger partial charge in [-0.25, -0.2) is 0 Å². The van der Waals surface area contributed by atoms with Gasteiger partial charge in [-0.3, -0.25) is 14.6 Å². The van der Waals surface area contributed by atoms with Gasteiger partial charge in [-0.2, -0.15) is 0 Å². The van der Waals surface area contributed by atoms with E-state index in [0.717, 1.165) is 5.56 Å². The van der Waals surface area contributed by atoms with Crippen molar-refractivity contribution in [1.82, 2.24) is 5.32 Å². The SMILES string of the molecule is Cc1ccc(Cl)cc1C1(C(N)=O)NC=NC1C(N)=O. The van der Waals surface area contributed by atoms with Crippen LogP contribution in [0.15, 0.2) is 23.2 Å². The number of nitrogens with zero attached hydrogens (tertiary/aromatic N) is 1. The molecule has 5 N–H and O–H groups in total. The average molecular weight is 281 g/mol. The lowest BCUT2D eigenvalue weighted by Crippen LogP contribution is -2.59. The first kappa shape index (κ1) is 13.4. The van der Waals surface area contributed by atoms with E-state index in [4.69, 9.17) is 23.1 Å². The lowest BCUT2D eigenvalue weighted by atomic mass is 9.80. The van der Waals surface area contributed by atoms with Crippen LogP contribution in [0.3, 0.4) is 0 Å². The molecule has 19 heavy (non-hydrogen) atoms. The topological polar surface area (TPSA) is 111 Å². The van der Waals surface area contributed by atoms with Gasteiger partial charge < -0.3 is 16.8 Å². The standard InChI is InChI=1S/C12H13ClN4O2/c1-6-2-3-7(13)4-8(6)12(11(15)19)9(10(14)18)16-5-17-12/h2-5,9H,1H3,(H2,14,18)(H2,15,19)(H,16,17). The number of amides is 2. The first-order valence-corrected chi connectivity index (χ1v) is 5.92. The van der Waals surface area contributed by atoms with Gasteiger partial charge in [0.05, 0.1) is 6.34 Å². The molecule has 7 heteroatoms. The molecule has 2 unspecified atom stereocenters. The van der Waals surface area contributed by atoms with Crippen molar-refractivity contribution < 1.29 is 9.59 Å². The third-order valence-corrected chi connectivity index (χ3v) is 3.44. The van der Waals surface area contributed by atoms with Crippen LogP contribution >= 0.6 is 11.6 Å². The van der Waals surface area contributed by atoms with Gasteiger partial charge in [0.25, 0.3) is 5.91 Å². The Morgan fingerprint density at radius 1 is 1.42 bits per heavy atom. The summed E-state index contributed by atoms with van der Waals surface area (Å²) >= 11 is 5.95. The third kappa shape index (κ3) is 1.94. The number of aryl methyl sites for hydroxylation is 1. The Morgan fingerprint density at radius 2 is 2.11 bits per heavy atom. The number of carbonyl (C=O) groups excluding carboxylic acids is 2. The highest BCUT2D eigenvalue weighted by Gasteiger charge is 2.52. The summed E-state index contributed by atoms with van der Waals surface area (Å²) in [4.78, 5) is 27.4. The summed E-state index contributed by atoms with van der Waals surface area (Å²) in [5, 5.41) is 3.19. The Morgan fingerprint density at radius 3 is 2.68 bits per heavy atom. The second kappa shape index (κ2) is 4.55. The third-order valence-electron chi connectivity index (χ3n) is 3.21. The molecule has 0 aliphatic carbocycles. The van der Waals surface area contributed by atoms with Crippen molar-refractivity contribution in [2.24, 2.45) is 16.5 Å². The molecule has 0 spiro atoms. The summed E-state index contributed by atoms with van der Waals surface area (Å²) in [6, 6.07) is 3.91. The lowest BCUT2D eigenvalue weighted by molar-refractivity contribution is -0.130. The summed E-state index contributed by atoms with van der Waals surface area (Å²) in [5.74, 6) is -1.47. The van der Waals surface area contributed by atoms with Crippen molar-refractivity contribution >= 4 is 29.8 Å². The quantitative estimate of drug-likeness (QED) is 0.714. The number of primary amides is 2. The number of aliphatic imine (C=N–C) groups is 1. The minimum absolute atomic E-state index is 0.429. The van der Waals surface area contributed by atoms with Gasteiger partial charge in [-0.05, 0) is 30.2 Å². The number of benzene rings is 1. The fraction of sp³-hybridized carbons (Fsp3) is 0.250. The summed E-state index contributed by atoms with van der Waals surface area (Å²) in [6.45, 7) is 1.79. The van der Waals surface area contributed by atoms with Gasteiger partial charge in [0, 0.05) is 5.02 Å². The van der Waals surface area contributed by atoms with Crippen molar-refractivity contribution in [1.29, 1.82) is 0 Å². The van der Waals surface area contributed by atoms with Crippen LogP contribution < -0.4 is 16.8 Å². The molecule has 0 bridgehead atoms. The Kier molecular flexibility index (Phi) is 3.20. The van der Waals surface area contributed by atoms with E-state index < -0.39 is 23.4 Å². The van der Waals surface area contributed by atoms with Gasteiger partial charge in [-0.1, -0.05) is 17.7 Å². The summed E-state index contributed by atoms with van der Waals surface area (Å²) < 4.78 is 0. The first-order chi connectivity index (χ1) is 8.89. The molecule has 0 radical (unpaired) electrons. The molecule has 0 fully saturated rings. The van der Waals surface area contributed by atoms with E-state index in [9.17, 15) is 9.59 Å². The second-order valence-corrected chi connectivity index (χ2v) is 4.80. The van der Waals surface area contributed by atoms with Crippen LogP contribution in [0.4, 0.5) is 0 Å². The maximum Gasteiger partial charge on any atom is 0.250 e. The van der Waals surface area contributed by atoms with Crippen molar-refractivity contribution in [3.05, 3.63) is 34.3 Å². The number of halogens is 1. The maximum atomic E-state index is 11.9. The average Bonchev–Trinajstić information content (AvgIpc) is 2.78. The summed E-state index contributed by atoms with van der Waals surface area (Å²) in [5.41, 5.74) is 10.5. The summed E-state index contributed by atoms with van der Waals surface area (Å²) in [7, 11) is 0. The second-order valence-electron chi connectivity index (χ2n) is 4.36. The number of carbonyl (C=O) groups is 2. The van der Waals surface area contributed by atoms with Gasteiger partial charge >= 0.3 is 0 Å². The Bertz CT molecular complexity index is 587. The van der Waals surface area contributed by atoms with E-state index in [1.807, 2.05) is 0 Å². The largest absolute Gasteiger partial charge is 0.368 e. The molecule has 6 nitrogen and oxygen atoms in total. The van der Waals surface area contributed by atoms with Gasteiger partial charge in [0.15, 0.2) is 11.6 Å². The molecule has 1 aliphatic rings. The Hall–Kier alpha value is -2.08. The monoisotopic (exact) mass is 280 g/mol. The number of rotatable bonds is 3. The molecule has 100 valence electrons. The molecule has 2 rings (SSSR count). The zero-order valence-corrected chi connectivity index (χ0v) is 10.9. The summed E-state index contributed by atoms with van der Waals surface area (Å²) in [6.07, 6.45) is 1.26. The number of hydrogen-bond donors (Lipinski definition) is 3. The molecule has 2 atom stereocenters. The van der Waals surface area contributed by atoms with Crippen molar-refractivity contribution in [3.63, 3.8) is 0 Å². The van der Waals surface area contributed by atoms with Crippen LogP contribution in [0, 0.1) is 6.92 Å². The highest BCUT2D eigenvalue weighted by molar-refractivity contribution is 6.30. The van der Waals surface area contributed by atoms with E-state index in [-0.39, 0.29) is 0 Å². The van der Waals surface area contributed by atoms with E-state index in [2.05, 4.69) is 10.3 Å². The van der Waals surface area contributed by atoms with E-state index in [1.54, 1.807) is 25.1 Å². The van der Waals surface area contributed by atoms with Gasteiger partial charge in [0.2, 0.25) is 5.91 Å². The van der Waals surface area contributed by atoms with Crippen LogP contribution in [0.2, 0.25) is 5.02 Å². The molecule has 1 heterocycles. The molecule has 1 aliphatic heterocycles. The van der Waals surface area contributed by atoms with Crippen molar-refractivity contribution in [2.45, 2.75) is 18.5 Å². The smallest absolute Gasteiger partial charge is 0.250 e. The molecular formula is C12H13ClN4O2. The predicted octanol–water partition coefficient (Wildman–Crippen LogP) is -0.186. The van der Waals surface area contributed by atoms with E-state index in [0.29, 0.717) is 10.6 Å². The van der Waals surface area contributed by atoms with Crippen LogP contribution in [-0.2, 0) is 15.1 Å². The maximum absolute atomic E-state index is 11.9. The molecule has 0 saturated carbocycles. The zero-order chi connectivity index (χ0) is 14.2. The molecular weight excluding hydrogens is 268 g/mol. The minimum atomic E-state index is -1.49. The highest BCUT2D eigenvalue weighted by atomic mass is 35.5.